The van der Waals surface area contributed by atoms with Crippen LogP contribution in [0.3, 0.4) is 0 Å². The largest absolute Gasteiger partial charge is 0.429 e. The SMILES string of the molecule is Fc1cc(C2OCC(C3CCC(I)CO3)CO2)cc(F)c1OC(F)F. The van der Waals surface area contributed by atoms with Crippen LogP contribution in [0.25, 0.3) is 0 Å². The minimum Gasteiger partial charge on any atom is -0.429 e. The van der Waals surface area contributed by atoms with Gasteiger partial charge in [0.05, 0.1) is 25.9 Å². The molecule has 0 radical (unpaired) electrons. The highest BCUT2D eigenvalue weighted by molar-refractivity contribution is 14.1. The van der Waals surface area contributed by atoms with Crippen LogP contribution < -0.4 is 4.74 Å². The highest BCUT2D eigenvalue weighted by Gasteiger charge is 2.33. The standard InChI is InChI=1S/C16H17F4IO4/c17-11-3-8(4-12(18)14(11)25-16(19)20)15-23-5-9(6-24-15)13-2-1-10(21)7-22-13/h3-4,9-10,13,15-16H,1-2,5-7H2. The Hall–Kier alpha value is -0.650. The first-order valence-corrected chi connectivity index (χ1v) is 9.11. The summed E-state index contributed by atoms with van der Waals surface area (Å²) in [5.41, 5.74) is 0.0759. The second-order valence-electron chi connectivity index (χ2n) is 6.00. The summed E-state index contributed by atoms with van der Waals surface area (Å²) in [6.07, 6.45) is 1.06. The van der Waals surface area contributed by atoms with E-state index in [2.05, 4.69) is 27.3 Å². The van der Waals surface area contributed by atoms with Crippen molar-refractivity contribution in [3.63, 3.8) is 0 Å². The van der Waals surface area contributed by atoms with E-state index in [1.807, 2.05) is 0 Å². The molecule has 2 atom stereocenters. The fourth-order valence-corrected chi connectivity index (χ4v) is 3.52. The molecule has 2 saturated heterocycles. The Kier molecular flexibility index (Phi) is 6.39. The first-order chi connectivity index (χ1) is 11.9. The molecule has 3 rings (SSSR count). The summed E-state index contributed by atoms with van der Waals surface area (Å²) in [5.74, 6) is -3.52. The number of hydrogen-bond acceptors (Lipinski definition) is 4. The maximum absolute atomic E-state index is 13.8. The number of halogens is 5. The Balaban J connectivity index is 1.61. The van der Waals surface area contributed by atoms with Crippen molar-refractivity contribution < 1.29 is 36.5 Å². The molecule has 2 fully saturated rings. The summed E-state index contributed by atoms with van der Waals surface area (Å²) in [6.45, 7) is -1.96. The second-order valence-corrected chi connectivity index (χ2v) is 7.76. The second kappa shape index (κ2) is 8.36. The van der Waals surface area contributed by atoms with Gasteiger partial charge < -0.3 is 18.9 Å². The van der Waals surface area contributed by atoms with Crippen LogP contribution >= 0.6 is 22.6 Å². The lowest BCUT2D eigenvalue weighted by atomic mass is 9.96. The molecule has 1 aromatic rings. The van der Waals surface area contributed by atoms with Gasteiger partial charge in [0.15, 0.2) is 23.7 Å². The van der Waals surface area contributed by atoms with Gasteiger partial charge in [-0.3, -0.25) is 0 Å². The molecule has 9 heteroatoms. The molecule has 2 unspecified atom stereocenters. The van der Waals surface area contributed by atoms with Crippen LogP contribution in [0.4, 0.5) is 17.6 Å². The Morgan fingerprint density at radius 1 is 1.00 bits per heavy atom. The molecule has 4 nitrogen and oxygen atoms in total. The van der Waals surface area contributed by atoms with Crippen LogP contribution in [0.5, 0.6) is 5.75 Å². The van der Waals surface area contributed by atoms with Crippen LogP contribution in [-0.4, -0.2) is 36.5 Å². The van der Waals surface area contributed by atoms with E-state index < -0.39 is 30.3 Å². The highest BCUT2D eigenvalue weighted by atomic mass is 127. The molecule has 1 aromatic carbocycles. The molecule has 140 valence electrons. The first-order valence-electron chi connectivity index (χ1n) is 7.86. The van der Waals surface area contributed by atoms with E-state index in [1.165, 1.54) is 0 Å². The summed E-state index contributed by atoms with van der Waals surface area (Å²) in [4.78, 5) is 0. The van der Waals surface area contributed by atoms with Crippen LogP contribution in [0.15, 0.2) is 12.1 Å². The van der Waals surface area contributed by atoms with Gasteiger partial charge in [0.2, 0.25) is 0 Å². The fourth-order valence-electron chi connectivity index (χ4n) is 2.95. The third kappa shape index (κ3) is 4.75. The number of ether oxygens (including phenoxy) is 4. The summed E-state index contributed by atoms with van der Waals surface area (Å²) in [6, 6.07) is 1.76. The third-order valence-corrected chi connectivity index (χ3v) is 5.19. The Morgan fingerprint density at radius 3 is 2.16 bits per heavy atom. The van der Waals surface area contributed by atoms with Crippen LogP contribution in [0.2, 0.25) is 0 Å². The van der Waals surface area contributed by atoms with E-state index >= 15 is 0 Å². The average molecular weight is 476 g/mol. The average Bonchev–Trinajstić information content (AvgIpc) is 2.59. The van der Waals surface area contributed by atoms with Crippen molar-refractivity contribution in [1.29, 1.82) is 0 Å². The monoisotopic (exact) mass is 476 g/mol. The van der Waals surface area contributed by atoms with Crippen molar-refractivity contribution in [2.45, 2.75) is 35.8 Å². The molecule has 0 saturated carbocycles. The van der Waals surface area contributed by atoms with Gasteiger partial charge in [-0.1, -0.05) is 22.6 Å². The van der Waals surface area contributed by atoms with Gasteiger partial charge in [-0.2, -0.15) is 8.78 Å². The Morgan fingerprint density at radius 2 is 1.64 bits per heavy atom. The van der Waals surface area contributed by atoms with Crippen molar-refractivity contribution in [3.8, 4) is 5.75 Å². The lowest BCUT2D eigenvalue weighted by molar-refractivity contribution is -0.225. The topological polar surface area (TPSA) is 36.9 Å². The lowest BCUT2D eigenvalue weighted by Crippen LogP contribution is -2.40. The Bertz CT molecular complexity index is 564. The van der Waals surface area contributed by atoms with Gasteiger partial charge in [0, 0.05) is 15.4 Å². The van der Waals surface area contributed by atoms with E-state index in [9.17, 15) is 17.6 Å². The predicted molar refractivity (Wildman–Crippen MR) is 87.9 cm³/mol. The molecule has 0 N–H and O–H groups in total. The molecular formula is C16H17F4IO4. The van der Waals surface area contributed by atoms with Gasteiger partial charge in [-0.15, -0.1) is 0 Å². The molecular weight excluding hydrogens is 459 g/mol. The molecule has 0 aliphatic carbocycles. The summed E-state index contributed by atoms with van der Waals surface area (Å²) in [7, 11) is 0. The minimum atomic E-state index is -3.31. The van der Waals surface area contributed by atoms with Crippen molar-refractivity contribution in [1.82, 2.24) is 0 Å². The molecule has 0 aromatic heterocycles. The van der Waals surface area contributed by atoms with Crippen molar-refractivity contribution in [3.05, 3.63) is 29.3 Å². The molecule has 2 heterocycles. The zero-order valence-corrected chi connectivity index (χ0v) is 15.3. The fraction of sp³-hybridized carbons (Fsp3) is 0.625. The van der Waals surface area contributed by atoms with Gasteiger partial charge in [0.1, 0.15) is 0 Å². The van der Waals surface area contributed by atoms with E-state index in [0.717, 1.165) is 25.0 Å². The lowest BCUT2D eigenvalue weighted by Gasteiger charge is -2.36. The van der Waals surface area contributed by atoms with Crippen molar-refractivity contribution in [2.24, 2.45) is 5.92 Å². The predicted octanol–water partition coefficient (Wildman–Crippen LogP) is 4.21. The first kappa shape index (κ1) is 19.1. The smallest absolute Gasteiger partial charge is 0.387 e. The van der Waals surface area contributed by atoms with E-state index in [4.69, 9.17) is 14.2 Å². The minimum absolute atomic E-state index is 0.0438. The van der Waals surface area contributed by atoms with E-state index in [-0.39, 0.29) is 17.6 Å². The zero-order valence-electron chi connectivity index (χ0n) is 13.1. The molecule has 2 aliphatic rings. The van der Waals surface area contributed by atoms with Gasteiger partial charge >= 0.3 is 6.61 Å². The molecule has 0 bridgehead atoms. The quantitative estimate of drug-likeness (QED) is 0.371. The van der Waals surface area contributed by atoms with Crippen molar-refractivity contribution >= 4 is 22.6 Å². The molecule has 2 aliphatic heterocycles. The van der Waals surface area contributed by atoms with E-state index in [1.54, 1.807) is 0 Å². The number of alkyl halides is 3. The number of hydrogen-bond donors (Lipinski definition) is 0. The number of rotatable bonds is 4. The summed E-state index contributed by atoms with van der Waals surface area (Å²) >= 11 is 2.35. The zero-order chi connectivity index (χ0) is 18.0. The summed E-state index contributed by atoms with van der Waals surface area (Å²) in [5, 5.41) is 0. The molecule has 25 heavy (non-hydrogen) atoms. The molecule has 0 spiro atoms. The van der Waals surface area contributed by atoms with Crippen LogP contribution in [0.1, 0.15) is 24.7 Å². The van der Waals surface area contributed by atoms with Gasteiger partial charge in [-0.25, -0.2) is 8.78 Å². The third-order valence-electron chi connectivity index (χ3n) is 4.20. The number of benzene rings is 1. The maximum Gasteiger partial charge on any atom is 0.387 e. The Labute approximate surface area is 155 Å². The molecule has 0 amide bonds. The highest BCUT2D eigenvalue weighted by Crippen LogP contribution is 2.34. The van der Waals surface area contributed by atoms with Gasteiger partial charge in [0.25, 0.3) is 0 Å². The maximum atomic E-state index is 13.8. The van der Waals surface area contributed by atoms with Gasteiger partial charge in [-0.05, 0) is 25.0 Å². The van der Waals surface area contributed by atoms with Crippen molar-refractivity contribution in [2.75, 3.05) is 19.8 Å². The van der Waals surface area contributed by atoms with Crippen LogP contribution in [0, 0.1) is 17.6 Å². The van der Waals surface area contributed by atoms with Crippen LogP contribution in [-0.2, 0) is 14.2 Å². The summed E-state index contributed by atoms with van der Waals surface area (Å²) < 4.78 is 73.2. The normalized spacial score (nSPS) is 30.5. The van der Waals surface area contributed by atoms with E-state index in [0.29, 0.717) is 23.7 Å².